The fourth-order valence-electron chi connectivity index (χ4n) is 4.09. The summed E-state index contributed by atoms with van der Waals surface area (Å²) in [7, 11) is 0. The topological polar surface area (TPSA) is 38.8 Å². The van der Waals surface area contributed by atoms with Gasteiger partial charge in [-0.2, -0.15) is 0 Å². The molecule has 1 heterocycles. The summed E-state index contributed by atoms with van der Waals surface area (Å²) in [5.41, 5.74) is -0.759. The second-order valence-corrected chi connectivity index (χ2v) is 6.50. The monoisotopic (exact) mass is 266 g/mol. The van der Waals surface area contributed by atoms with E-state index in [0.717, 1.165) is 38.5 Å². The molecule has 0 aromatic rings. The molecule has 0 radical (unpaired) electrons. The van der Waals surface area contributed by atoms with Gasteiger partial charge >= 0.3 is 5.97 Å². The molecule has 3 heteroatoms. The molecule has 108 valence electrons. The summed E-state index contributed by atoms with van der Waals surface area (Å²) in [6.45, 7) is 2.14. The fourth-order valence-corrected chi connectivity index (χ4v) is 4.09. The van der Waals surface area contributed by atoms with Crippen molar-refractivity contribution in [2.45, 2.75) is 94.9 Å². The number of ether oxygens (including phenoxy) is 2. The van der Waals surface area contributed by atoms with Crippen molar-refractivity contribution in [3.05, 3.63) is 0 Å². The fraction of sp³-hybridized carbons (Fsp3) is 0.938. The van der Waals surface area contributed by atoms with E-state index in [2.05, 4.69) is 6.92 Å². The van der Waals surface area contributed by atoms with Gasteiger partial charge in [0.05, 0.1) is 0 Å². The number of hydrogen-bond acceptors (Lipinski definition) is 3. The van der Waals surface area contributed by atoms with Crippen LogP contribution >= 0.6 is 0 Å². The Labute approximate surface area is 116 Å². The average Bonchev–Trinajstić information content (AvgIpc) is 3.10. The van der Waals surface area contributed by atoms with Gasteiger partial charge in [0, 0.05) is 0 Å². The molecule has 3 fully saturated rings. The third-order valence-electron chi connectivity index (χ3n) is 5.40. The van der Waals surface area contributed by atoms with Crippen LogP contribution in [0, 0.1) is 0 Å². The third-order valence-corrected chi connectivity index (χ3v) is 5.40. The van der Waals surface area contributed by atoms with Crippen LogP contribution in [0.3, 0.4) is 0 Å². The summed E-state index contributed by atoms with van der Waals surface area (Å²) >= 11 is 0. The number of rotatable bonds is 3. The van der Waals surface area contributed by atoms with Crippen LogP contribution in [-0.2, 0) is 14.3 Å². The van der Waals surface area contributed by atoms with Crippen molar-refractivity contribution in [2.24, 2.45) is 0 Å². The van der Waals surface area contributed by atoms with Gasteiger partial charge in [-0.1, -0.05) is 26.2 Å². The first-order valence-electron chi connectivity index (χ1n) is 8.14. The largest absolute Gasteiger partial charge is 0.460 e. The molecule has 19 heavy (non-hydrogen) atoms. The van der Waals surface area contributed by atoms with Crippen molar-refractivity contribution >= 4 is 5.97 Å². The van der Waals surface area contributed by atoms with E-state index in [1.807, 2.05) is 0 Å². The first-order valence-corrected chi connectivity index (χ1v) is 8.14. The van der Waals surface area contributed by atoms with Gasteiger partial charge in [0.15, 0.2) is 5.60 Å². The number of carbonyl (C=O) groups excluding carboxylic acids is 1. The molecule has 3 nitrogen and oxygen atoms in total. The Kier molecular flexibility index (Phi) is 3.59. The molecule has 0 N–H and O–H groups in total. The molecule has 3 aliphatic rings. The van der Waals surface area contributed by atoms with Crippen molar-refractivity contribution in [3.63, 3.8) is 0 Å². The molecule has 2 saturated carbocycles. The SMILES string of the molecule is CCC12CCCCCC1(C(=O)OC1CCCCC1)O2. The Hall–Kier alpha value is -0.570. The lowest BCUT2D eigenvalue weighted by atomic mass is 9.86. The van der Waals surface area contributed by atoms with Gasteiger partial charge < -0.3 is 9.47 Å². The van der Waals surface area contributed by atoms with E-state index in [4.69, 9.17) is 9.47 Å². The number of hydrogen-bond donors (Lipinski definition) is 0. The van der Waals surface area contributed by atoms with Gasteiger partial charge in [0.2, 0.25) is 0 Å². The number of epoxide rings is 1. The summed E-state index contributed by atoms with van der Waals surface area (Å²) in [6.07, 6.45) is 12.3. The lowest BCUT2D eigenvalue weighted by molar-refractivity contribution is -0.157. The number of carbonyl (C=O) groups is 1. The molecule has 0 amide bonds. The Morgan fingerprint density at radius 1 is 1.11 bits per heavy atom. The van der Waals surface area contributed by atoms with Crippen molar-refractivity contribution in [1.82, 2.24) is 0 Å². The summed E-state index contributed by atoms with van der Waals surface area (Å²) in [4.78, 5) is 12.6. The molecule has 0 aromatic carbocycles. The molecule has 3 rings (SSSR count). The van der Waals surface area contributed by atoms with Crippen LogP contribution < -0.4 is 0 Å². The van der Waals surface area contributed by atoms with Crippen molar-refractivity contribution < 1.29 is 14.3 Å². The highest BCUT2D eigenvalue weighted by molar-refractivity contribution is 5.85. The lowest BCUT2D eigenvalue weighted by Crippen LogP contribution is -2.37. The highest BCUT2D eigenvalue weighted by Gasteiger charge is 2.74. The van der Waals surface area contributed by atoms with Gasteiger partial charge in [-0.3, -0.25) is 0 Å². The maximum atomic E-state index is 12.6. The Balaban J connectivity index is 1.67. The van der Waals surface area contributed by atoms with E-state index in [9.17, 15) is 4.79 Å². The quantitative estimate of drug-likeness (QED) is 0.577. The Morgan fingerprint density at radius 3 is 2.53 bits per heavy atom. The highest BCUT2D eigenvalue weighted by atomic mass is 16.7. The molecular formula is C16H26O3. The molecule has 2 unspecified atom stereocenters. The third kappa shape index (κ3) is 2.20. The van der Waals surface area contributed by atoms with E-state index in [0.29, 0.717) is 0 Å². The zero-order valence-electron chi connectivity index (χ0n) is 12.1. The van der Waals surface area contributed by atoms with E-state index < -0.39 is 5.60 Å². The molecule has 1 aliphatic heterocycles. The first kappa shape index (κ1) is 13.4. The predicted molar refractivity (Wildman–Crippen MR) is 72.9 cm³/mol. The summed E-state index contributed by atoms with van der Waals surface area (Å²) in [6, 6.07) is 0. The zero-order valence-corrected chi connectivity index (χ0v) is 12.1. The maximum Gasteiger partial charge on any atom is 0.341 e. The normalized spacial score (nSPS) is 39.2. The first-order chi connectivity index (χ1) is 9.22. The lowest BCUT2D eigenvalue weighted by Gasteiger charge is -2.24. The van der Waals surface area contributed by atoms with Crippen LogP contribution in [0.25, 0.3) is 0 Å². The Bertz CT molecular complexity index is 344. The standard InChI is InChI=1S/C16H26O3/c1-2-15-11-7-4-8-12-16(15,19-15)14(17)18-13-9-5-3-6-10-13/h13H,2-12H2,1H3. The van der Waals surface area contributed by atoms with E-state index >= 15 is 0 Å². The van der Waals surface area contributed by atoms with Gasteiger partial charge in [-0.25, -0.2) is 4.79 Å². The van der Waals surface area contributed by atoms with Gasteiger partial charge in [-0.15, -0.1) is 0 Å². The average molecular weight is 266 g/mol. The second-order valence-electron chi connectivity index (χ2n) is 6.50. The molecule has 0 aromatic heterocycles. The minimum atomic E-state index is -0.574. The van der Waals surface area contributed by atoms with Crippen LogP contribution in [0.1, 0.15) is 77.6 Å². The minimum absolute atomic E-state index is 0.0526. The summed E-state index contributed by atoms with van der Waals surface area (Å²) in [5, 5.41) is 0. The Morgan fingerprint density at radius 2 is 1.79 bits per heavy atom. The van der Waals surface area contributed by atoms with Crippen molar-refractivity contribution in [2.75, 3.05) is 0 Å². The summed E-state index contributed by atoms with van der Waals surface area (Å²) in [5.74, 6) is -0.0526. The number of esters is 1. The molecule has 0 spiro atoms. The molecule has 2 aliphatic carbocycles. The highest BCUT2D eigenvalue weighted by Crippen LogP contribution is 2.59. The van der Waals surface area contributed by atoms with Gasteiger partial charge in [0.25, 0.3) is 0 Å². The van der Waals surface area contributed by atoms with E-state index in [1.165, 1.54) is 32.1 Å². The van der Waals surface area contributed by atoms with Gasteiger partial charge in [0.1, 0.15) is 11.7 Å². The summed E-state index contributed by atoms with van der Waals surface area (Å²) < 4.78 is 11.8. The molecular weight excluding hydrogens is 240 g/mol. The molecule has 0 bridgehead atoms. The van der Waals surface area contributed by atoms with Crippen molar-refractivity contribution in [3.8, 4) is 0 Å². The van der Waals surface area contributed by atoms with Crippen LogP contribution in [0.15, 0.2) is 0 Å². The number of fused-ring (bicyclic) bond motifs is 1. The van der Waals surface area contributed by atoms with E-state index in [-0.39, 0.29) is 17.7 Å². The zero-order chi connectivity index (χ0) is 13.3. The maximum absolute atomic E-state index is 12.6. The van der Waals surface area contributed by atoms with Crippen LogP contribution in [0.4, 0.5) is 0 Å². The minimum Gasteiger partial charge on any atom is -0.460 e. The second kappa shape index (κ2) is 5.08. The van der Waals surface area contributed by atoms with E-state index in [1.54, 1.807) is 0 Å². The van der Waals surface area contributed by atoms with Crippen molar-refractivity contribution in [1.29, 1.82) is 0 Å². The smallest absolute Gasteiger partial charge is 0.341 e. The van der Waals surface area contributed by atoms with Crippen LogP contribution in [0.5, 0.6) is 0 Å². The van der Waals surface area contributed by atoms with Crippen LogP contribution in [0.2, 0.25) is 0 Å². The molecule has 1 saturated heterocycles. The van der Waals surface area contributed by atoms with Gasteiger partial charge in [-0.05, 0) is 51.4 Å². The predicted octanol–water partition coefficient (Wildman–Crippen LogP) is 3.74. The molecule has 2 atom stereocenters. The van der Waals surface area contributed by atoms with Crippen LogP contribution in [-0.4, -0.2) is 23.3 Å².